The molecule has 4 rings (SSSR count). The zero-order valence-electron chi connectivity index (χ0n) is 15.8. The molecule has 0 fully saturated rings. The van der Waals surface area contributed by atoms with Crippen molar-refractivity contribution in [1.82, 2.24) is 19.9 Å². The SMILES string of the molecule is NCc1cc(OCc2cccc(C(=O)CCc3cc4cccnc4[nH]3)c2)ncn1. The molecule has 0 atom stereocenters. The summed E-state index contributed by atoms with van der Waals surface area (Å²) in [6.45, 7) is 0.644. The van der Waals surface area contributed by atoms with Gasteiger partial charge in [-0.2, -0.15) is 0 Å². The number of aromatic nitrogens is 4. The predicted molar refractivity (Wildman–Crippen MR) is 109 cm³/mol. The molecule has 0 bridgehead atoms. The number of pyridine rings is 1. The van der Waals surface area contributed by atoms with E-state index in [0.29, 0.717) is 43.1 Å². The van der Waals surface area contributed by atoms with E-state index in [1.54, 1.807) is 12.3 Å². The third kappa shape index (κ3) is 4.64. The third-order valence-corrected chi connectivity index (χ3v) is 4.61. The van der Waals surface area contributed by atoms with Crippen molar-refractivity contribution in [2.45, 2.75) is 26.0 Å². The Bertz CT molecular complexity index is 1110. The van der Waals surface area contributed by atoms with E-state index in [9.17, 15) is 4.79 Å². The average Bonchev–Trinajstić information content (AvgIpc) is 3.19. The molecule has 0 unspecified atom stereocenters. The maximum atomic E-state index is 12.6. The number of ketones is 1. The van der Waals surface area contributed by atoms with Gasteiger partial charge in [0.1, 0.15) is 18.6 Å². The molecular weight excluding hydrogens is 366 g/mol. The second-order valence-electron chi connectivity index (χ2n) is 6.70. The molecule has 0 saturated carbocycles. The molecule has 7 nitrogen and oxygen atoms in total. The Hall–Kier alpha value is -3.58. The first-order valence-corrected chi connectivity index (χ1v) is 9.40. The zero-order chi connectivity index (χ0) is 20.1. The van der Waals surface area contributed by atoms with Crippen molar-refractivity contribution in [3.05, 3.63) is 83.6 Å². The molecule has 3 N–H and O–H groups in total. The summed E-state index contributed by atoms with van der Waals surface area (Å²) < 4.78 is 5.70. The molecule has 0 aliphatic heterocycles. The second kappa shape index (κ2) is 8.62. The quantitative estimate of drug-likeness (QED) is 0.450. The number of H-pyrrole nitrogens is 1. The number of nitrogens with two attached hydrogens (primary N) is 1. The molecule has 0 aliphatic carbocycles. The largest absolute Gasteiger partial charge is 0.473 e. The van der Waals surface area contributed by atoms with Gasteiger partial charge in [-0.3, -0.25) is 4.79 Å². The standard InChI is InChI=1S/C22H21N5O2/c23-12-19-11-21(26-14-25-19)29-13-15-3-1-4-16(9-15)20(28)7-6-18-10-17-5-2-8-24-22(17)27-18/h1-5,8-11,14H,6-7,12-13,23H2,(H,24,27). The van der Waals surface area contributed by atoms with Crippen LogP contribution in [-0.4, -0.2) is 25.7 Å². The number of Topliss-reactive ketones (excluding diaryl/α,β-unsaturated/α-hetero) is 1. The highest BCUT2D eigenvalue weighted by Crippen LogP contribution is 2.16. The molecular formula is C22H21N5O2. The number of rotatable bonds is 8. The smallest absolute Gasteiger partial charge is 0.216 e. The van der Waals surface area contributed by atoms with Crippen LogP contribution in [0.5, 0.6) is 5.88 Å². The van der Waals surface area contributed by atoms with Crippen LogP contribution in [0.3, 0.4) is 0 Å². The van der Waals surface area contributed by atoms with Crippen molar-refractivity contribution in [2.75, 3.05) is 0 Å². The third-order valence-electron chi connectivity index (χ3n) is 4.61. The molecule has 1 aromatic carbocycles. The highest BCUT2D eigenvalue weighted by atomic mass is 16.5. The molecule has 0 radical (unpaired) electrons. The number of nitrogens with one attached hydrogen (secondary N) is 1. The lowest BCUT2D eigenvalue weighted by molar-refractivity contribution is 0.0982. The van der Waals surface area contributed by atoms with E-state index >= 15 is 0 Å². The van der Waals surface area contributed by atoms with Crippen LogP contribution in [0.2, 0.25) is 0 Å². The normalized spacial score (nSPS) is 10.9. The number of aromatic amines is 1. The summed E-state index contributed by atoms with van der Waals surface area (Å²) in [6.07, 6.45) is 4.23. The first kappa shape index (κ1) is 18.8. The Morgan fingerprint density at radius 2 is 2.00 bits per heavy atom. The first-order valence-electron chi connectivity index (χ1n) is 9.40. The van der Waals surface area contributed by atoms with E-state index in [0.717, 1.165) is 22.3 Å². The van der Waals surface area contributed by atoms with E-state index in [2.05, 4.69) is 19.9 Å². The summed E-state index contributed by atoms with van der Waals surface area (Å²) in [5.41, 5.74) is 9.72. The fourth-order valence-corrected chi connectivity index (χ4v) is 3.10. The maximum absolute atomic E-state index is 12.6. The van der Waals surface area contributed by atoms with Gasteiger partial charge in [-0.05, 0) is 36.2 Å². The number of hydrogen-bond acceptors (Lipinski definition) is 6. The van der Waals surface area contributed by atoms with Gasteiger partial charge in [0.25, 0.3) is 0 Å². The van der Waals surface area contributed by atoms with Crippen molar-refractivity contribution in [3.8, 4) is 5.88 Å². The highest BCUT2D eigenvalue weighted by molar-refractivity contribution is 5.96. The van der Waals surface area contributed by atoms with Gasteiger partial charge in [0.05, 0.1) is 5.69 Å². The fourth-order valence-electron chi connectivity index (χ4n) is 3.10. The topological polar surface area (TPSA) is 107 Å². The van der Waals surface area contributed by atoms with Crippen LogP contribution in [0.25, 0.3) is 11.0 Å². The molecule has 0 saturated heterocycles. The zero-order valence-corrected chi connectivity index (χ0v) is 15.8. The Balaban J connectivity index is 1.37. The summed E-state index contributed by atoms with van der Waals surface area (Å²) in [6, 6.07) is 15.1. The average molecular weight is 387 g/mol. The molecule has 146 valence electrons. The van der Waals surface area contributed by atoms with Crippen molar-refractivity contribution in [3.63, 3.8) is 0 Å². The first-order chi connectivity index (χ1) is 14.2. The lowest BCUT2D eigenvalue weighted by Crippen LogP contribution is -2.05. The molecule has 29 heavy (non-hydrogen) atoms. The number of fused-ring (bicyclic) bond motifs is 1. The molecule has 0 aliphatic rings. The van der Waals surface area contributed by atoms with Gasteiger partial charge in [-0.15, -0.1) is 0 Å². The minimum Gasteiger partial charge on any atom is -0.473 e. The van der Waals surface area contributed by atoms with Crippen LogP contribution in [0.4, 0.5) is 0 Å². The van der Waals surface area contributed by atoms with Gasteiger partial charge in [-0.25, -0.2) is 15.0 Å². The number of aryl methyl sites for hydroxylation is 1. The fraction of sp³-hybridized carbons (Fsp3) is 0.182. The van der Waals surface area contributed by atoms with E-state index in [4.69, 9.17) is 10.5 Å². The van der Waals surface area contributed by atoms with Gasteiger partial charge < -0.3 is 15.5 Å². The second-order valence-corrected chi connectivity index (χ2v) is 6.70. The van der Waals surface area contributed by atoms with Crippen molar-refractivity contribution < 1.29 is 9.53 Å². The summed E-state index contributed by atoms with van der Waals surface area (Å²) in [5.74, 6) is 0.551. The van der Waals surface area contributed by atoms with Gasteiger partial charge in [0, 0.05) is 41.9 Å². The Morgan fingerprint density at radius 1 is 1.07 bits per heavy atom. The number of carbonyl (C=O) groups excluding carboxylic acids is 1. The monoisotopic (exact) mass is 387 g/mol. The number of benzene rings is 1. The number of nitrogens with zero attached hydrogens (tertiary/aromatic N) is 3. The molecule has 4 aromatic rings. The van der Waals surface area contributed by atoms with Crippen LogP contribution in [0.1, 0.15) is 33.7 Å². The molecule has 3 heterocycles. The van der Waals surface area contributed by atoms with Crippen molar-refractivity contribution >= 4 is 16.8 Å². The maximum Gasteiger partial charge on any atom is 0.216 e. The number of ether oxygens (including phenoxy) is 1. The Morgan fingerprint density at radius 3 is 2.86 bits per heavy atom. The van der Waals surface area contributed by atoms with Crippen LogP contribution >= 0.6 is 0 Å². The Kier molecular flexibility index (Phi) is 5.58. The van der Waals surface area contributed by atoms with E-state index in [-0.39, 0.29) is 5.78 Å². The van der Waals surface area contributed by atoms with Gasteiger partial charge in [0.2, 0.25) is 5.88 Å². The minimum absolute atomic E-state index is 0.0888. The van der Waals surface area contributed by atoms with Crippen LogP contribution in [0.15, 0.2) is 61.1 Å². The van der Waals surface area contributed by atoms with Crippen molar-refractivity contribution in [1.29, 1.82) is 0 Å². The van der Waals surface area contributed by atoms with E-state index in [1.807, 2.05) is 42.5 Å². The van der Waals surface area contributed by atoms with E-state index in [1.165, 1.54) is 6.33 Å². The summed E-state index contributed by atoms with van der Waals surface area (Å²) in [4.78, 5) is 28.3. The van der Waals surface area contributed by atoms with E-state index < -0.39 is 0 Å². The van der Waals surface area contributed by atoms with Crippen LogP contribution < -0.4 is 10.5 Å². The van der Waals surface area contributed by atoms with Crippen LogP contribution in [-0.2, 0) is 19.6 Å². The predicted octanol–water partition coefficient (Wildman–Crippen LogP) is 3.21. The molecule has 7 heteroatoms. The Labute approximate surface area is 168 Å². The van der Waals surface area contributed by atoms with Gasteiger partial charge in [-0.1, -0.05) is 18.2 Å². The van der Waals surface area contributed by atoms with Gasteiger partial charge in [0.15, 0.2) is 5.78 Å². The van der Waals surface area contributed by atoms with Crippen molar-refractivity contribution in [2.24, 2.45) is 5.73 Å². The summed E-state index contributed by atoms with van der Waals surface area (Å²) in [7, 11) is 0. The number of hydrogen-bond donors (Lipinski definition) is 2. The molecule has 0 amide bonds. The minimum atomic E-state index is 0.0888. The lowest BCUT2D eigenvalue weighted by Gasteiger charge is -2.07. The van der Waals surface area contributed by atoms with Gasteiger partial charge >= 0.3 is 0 Å². The number of carbonyl (C=O) groups is 1. The molecule has 0 spiro atoms. The highest BCUT2D eigenvalue weighted by Gasteiger charge is 2.09. The van der Waals surface area contributed by atoms with Crippen LogP contribution in [0, 0.1) is 0 Å². The summed E-state index contributed by atoms with van der Waals surface area (Å²) in [5, 5.41) is 1.05. The lowest BCUT2D eigenvalue weighted by atomic mass is 10.0. The molecule has 3 aromatic heterocycles. The summed E-state index contributed by atoms with van der Waals surface area (Å²) >= 11 is 0.